The molecule has 0 saturated carbocycles. The molecule has 0 aromatic rings. The first-order valence-electron chi connectivity index (χ1n) is 5.49. The van der Waals surface area contributed by atoms with E-state index in [1.54, 1.807) is 0 Å². The van der Waals surface area contributed by atoms with Crippen molar-refractivity contribution in [1.29, 1.82) is 0 Å². The molecule has 2 aliphatic rings. The number of rotatable bonds is 3. The van der Waals surface area contributed by atoms with Gasteiger partial charge in [-0.3, -0.25) is 0 Å². The fourth-order valence-electron chi connectivity index (χ4n) is 1.82. The Balaban J connectivity index is 1.99. The predicted octanol–water partition coefficient (Wildman–Crippen LogP) is 1.24. The first-order valence-corrected chi connectivity index (χ1v) is 5.49. The van der Waals surface area contributed by atoms with E-state index in [-0.39, 0.29) is 0 Å². The maximum absolute atomic E-state index is 5.47. The number of hydrogen-bond acceptors (Lipinski definition) is 4. The molecule has 0 radical (unpaired) electrons. The van der Waals surface area contributed by atoms with Gasteiger partial charge >= 0.3 is 0 Å². The molecular formula is C12H18N2O2. The molecule has 0 spiro atoms. The van der Waals surface area contributed by atoms with E-state index in [1.807, 2.05) is 6.92 Å². The fraction of sp³-hybridized carbons (Fsp3) is 0.500. The molecule has 2 heterocycles. The molecule has 0 amide bonds. The summed E-state index contributed by atoms with van der Waals surface area (Å²) < 4.78 is 10.8. The topological polar surface area (TPSA) is 42.5 Å². The lowest BCUT2D eigenvalue weighted by atomic mass is 10.2. The average molecular weight is 222 g/mol. The second-order valence-corrected chi connectivity index (χ2v) is 4.13. The van der Waals surface area contributed by atoms with Crippen molar-refractivity contribution in [2.45, 2.75) is 19.4 Å². The van der Waals surface area contributed by atoms with E-state index in [0.29, 0.717) is 12.6 Å². The molecule has 1 saturated heterocycles. The van der Waals surface area contributed by atoms with Crippen molar-refractivity contribution in [3.05, 3.63) is 36.0 Å². The highest BCUT2D eigenvalue weighted by molar-refractivity contribution is 5.32. The number of hydrogen-bond donors (Lipinski definition) is 2. The van der Waals surface area contributed by atoms with Crippen LogP contribution in [0.5, 0.6) is 0 Å². The molecule has 1 atom stereocenters. The van der Waals surface area contributed by atoms with E-state index in [4.69, 9.17) is 9.47 Å². The molecule has 2 N–H and O–H groups in total. The van der Waals surface area contributed by atoms with Gasteiger partial charge < -0.3 is 20.1 Å². The zero-order chi connectivity index (χ0) is 11.5. The summed E-state index contributed by atoms with van der Waals surface area (Å²) in [4.78, 5) is 0. The molecule has 4 heteroatoms. The zero-order valence-electron chi connectivity index (χ0n) is 9.64. The lowest BCUT2D eigenvalue weighted by molar-refractivity contribution is 0.191. The van der Waals surface area contributed by atoms with Gasteiger partial charge in [0.1, 0.15) is 12.4 Å². The quantitative estimate of drug-likeness (QED) is 0.754. The standard InChI is InChI=1S/C12H18N2O2/c1-8-6-16-10(3)12(13-8)9(2)14-11-4-5-15-7-11/h11,13-14H,1-2,4-7H2,3H3. The highest BCUT2D eigenvalue weighted by Crippen LogP contribution is 2.18. The molecule has 88 valence electrons. The van der Waals surface area contributed by atoms with E-state index in [2.05, 4.69) is 23.8 Å². The molecule has 2 rings (SSSR count). The first kappa shape index (κ1) is 11.1. The highest BCUT2D eigenvalue weighted by atomic mass is 16.5. The van der Waals surface area contributed by atoms with Crippen LogP contribution in [-0.4, -0.2) is 25.9 Å². The summed E-state index contributed by atoms with van der Waals surface area (Å²) >= 11 is 0. The minimum Gasteiger partial charge on any atom is -0.490 e. The smallest absolute Gasteiger partial charge is 0.127 e. The average Bonchev–Trinajstić information content (AvgIpc) is 2.74. The lowest BCUT2D eigenvalue weighted by Crippen LogP contribution is -2.34. The Labute approximate surface area is 96.0 Å². The van der Waals surface area contributed by atoms with Crippen LogP contribution in [0.3, 0.4) is 0 Å². The van der Waals surface area contributed by atoms with Crippen LogP contribution >= 0.6 is 0 Å². The van der Waals surface area contributed by atoms with Crippen LogP contribution < -0.4 is 10.6 Å². The van der Waals surface area contributed by atoms with Crippen molar-refractivity contribution >= 4 is 0 Å². The molecule has 0 aromatic carbocycles. The minimum absolute atomic E-state index is 0.352. The summed E-state index contributed by atoms with van der Waals surface area (Å²) in [6.45, 7) is 11.9. The second-order valence-electron chi connectivity index (χ2n) is 4.13. The van der Waals surface area contributed by atoms with Crippen LogP contribution in [0.2, 0.25) is 0 Å². The van der Waals surface area contributed by atoms with Crippen molar-refractivity contribution in [1.82, 2.24) is 10.6 Å². The van der Waals surface area contributed by atoms with Crippen molar-refractivity contribution in [2.75, 3.05) is 19.8 Å². The van der Waals surface area contributed by atoms with Crippen LogP contribution in [0.4, 0.5) is 0 Å². The van der Waals surface area contributed by atoms with E-state index < -0.39 is 0 Å². The molecular weight excluding hydrogens is 204 g/mol. The Morgan fingerprint density at radius 2 is 2.38 bits per heavy atom. The van der Waals surface area contributed by atoms with Gasteiger partial charge in [-0.05, 0) is 13.3 Å². The van der Waals surface area contributed by atoms with Crippen molar-refractivity contribution in [2.24, 2.45) is 0 Å². The summed E-state index contributed by atoms with van der Waals surface area (Å²) in [7, 11) is 0. The van der Waals surface area contributed by atoms with Gasteiger partial charge in [0.2, 0.25) is 0 Å². The number of ether oxygens (including phenoxy) is 2. The van der Waals surface area contributed by atoms with Gasteiger partial charge in [0, 0.05) is 12.3 Å². The SMILES string of the molecule is C=C1COC(C)=C(C(=C)NC2CCOC2)N1. The van der Waals surface area contributed by atoms with Gasteiger partial charge in [0.25, 0.3) is 0 Å². The normalized spacial score (nSPS) is 25.1. The maximum Gasteiger partial charge on any atom is 0.127 e. The second kappa shape index (κ2) is 4.61. The van der Waals surface area contributed by atoms with Crippen LogP contribution in [0, 0.1) is 0 Å². The summed E-state index contributed by atoms with van der Waals surface area (Å²) in [6.07, 6.45) is 1.02. The van der Waals surface area contributed by atoms with Gasteiger partial charge in [-0.25, -0.2) is 0 Å². The van der Waals surface area contributed by atoms with Gasteiger partial charge in [-0.15, -0.1) is 0 Å². The van der Waals surface area contributed by atoms with E-state index in [1.165, 1.54) is 0 Å². The summed E-state index contributed by atoms with van der Waals surface area (Å²) in [5, 5.41) is 6.54. The van der Waals surface area contributed by atoms with Gasteiger partial charge in [0.05, 0.1) is 24.0 Å². The number of nitrogens with one attached hydrogen (secondary N) is 2. The molecule has 0 aromatic heterocycles. The number of allylic oxidation sites excluding steroid dienone is 1. The van der Waals surface area contributed by atoms with Gasteiger partial charge in [-0.2, -0.15) is 0 Å². The molecule has 1 unspecified atom stereocenters. The summed E-state index contributed by atoms with van der Waals surface area (Å²) in [6, 6.07) is 0.352. The van der Waals surface area contributed by atoms with Crippen molar-refractivity contribution in [3.8, 4) is 0 Å². The fourth-order valence-corrected chi connectivity index (χ4v) is 1.82. The van der Waals surface area contributed by atoms with E-state index in [0.717, 1.165) is 42.5 Å². The minimum atomic E-state index is 0.352. The van der Waals surface area contributed by atoms with Crippen molar-refractivity contribution < 1.29 is 9.47 Å². The molecule has 2 aliphatic heterocycles. The van der Waals surface area contributed by atoms with E-state index in [9.17, 15) is 0 Å². The molecule has 4 nitrogen and oxygen atoms in total. The summed E-state index contributed by atoms with van der Waals surface area (Å²) in [5.74, 6) is 0.851. The Morgan fingerprint density at radius 1 is 1.56 bits per heavy atom. The molecule has 0 bridgehead atoms. The Morgan fingerprint density at radius 3 is 3.06 bits per heavy atom. The highest BCUT2D eigenvalue weighted by Gasteiger charge is 2.20. The molecule has 0 aliphatic carbocycles. The Bertz CT molecular complexity index is 341. The zero-order valence-corrected chi connectivity index (χ0v) is 9.64. The third-order valence-corrected chi connectivity index (χ3v) is 2.73. The van der Waals surface area contributed by atoms with Crippen LogP contribution in [0.15, 0.2) is 36.0 Å². The first-order chi connectivity index (χ1) is 7.66. The third-order valence-electron chi connectivity index (χ3n) is 2.73. The summed E-state index contributed by atoms with van der Waals surface area (Å²) in [5.41, 5.74) is 2.59. The van der Waals surface area contributed by atoms with Crippen molar-refractivity contribution in [3.63, 3.8) is 0 Å². The largest absolute Gasteiger partial charge is 0.490 e. The Hall–Kier alpha value is -1.42. The van der Waals surface area contributed by atoms with E-state index >= 15 is 0 Å². The van der Waals surface area contributed by atoms with Gasteiger partial charge in [0.15, 0.2) is 0 Å². The maximum atomic E-state index is 5.47. The predicted molar refractivity (Wildman–Crippen MR) is 62.4 cm³/mol. The monoisotopic (exact) mass is 222 g/mol. The van der Waals surface area contributed by atoms with Gasteiger partial charge in [-0.1, -0.05) is 13.2 Å². The third kappa shape index (κ3) is 2.39. The van der Waals surface area contributed by atoms with Crippen LogP contribution in [0.1, 0.15) is 13.3 Å². The van der Waals surface area contributed by atoms with Crippen LogP contribution in [-0.2, 0) is 9.47 Å². The Kier molecular flexibility index (Phi) is 3.19. The lowest BCUT2D eigenvalue weighted by Gasteiger charge is -2.25. The molecule has 1 fully saturated rings. The van der Waals surface area contributed by atoms with Crippen LogP contribution in [0.25, 0.3) is 0 Å². The molecule has 16 heavy (non-hydrogen) atoms.